The van der Waals surface area contributed by atoms with Crippen LogP contribution in [0.2, 0.25) is 0 Å². The zero-order valence-corrected chi connectivity index (χ0v) is 19.3. The third kappa shape index (κ3) is 3.67. The molecule has 7 nitrogen and oxygen atoms in total. The smallest absolute Gasteiger partial charge is 0.341 e. The van der Waals surface area contributed by atoms with Crippen molar-refractivity contribution in [3.8, 4) is 0 Å². The summed E-state index contributed by atoms with van der Waals surface area (Å²) < 4.78 is 16.5. The first-order valence-electron chi connectivity index (χ1n) is 11.3. The minimum atomic E-state index is -1.82. The second-order valence-electron chi connectivity index (χ2n) is 8.06. The molecule has 3 aromatic rings. The van der Waals surface area contributed by atoms with Crippen LogP contribution < -0.4 is 10.5 Å². The number of fused-ring (bicyclic) bond motifs is 3. The molecule has 0 bridgehead atoms. The maximum Gasteiger partial charge on any atom is 0.341 e. The summed E-state index contributed by atoms with van der Waals surface area (Å²) in [6.45, 7) is 7.65. The van der Waals surface area contributed by atoms with Crippen LogP contribution in [0.4, 0.5) is 5.69 Å². The molecule has 1 aliphatic heterocycles. The zero-order chi connectivity index (χ0) is 24.3. The Hall–Kier alpha value is -3.87. The first kappa shape index (κ1) is 23.3. The van der Waals surface area contributed by atoms with Crippen molar-refractivity contribution in [2.75, 3.05) is 24.7 Å². The molecular weight excluding hydrogens is 434 g/mol. The lowest BCUT2D eigenvalue weighted by Crippen LogP contribution is -2.57. The number of ether oxygens (including phenoxy) is 2. The Morgan fingerprint density at radius 3 is 2.29 bits per heavy atom. The van der Waals surface area contributed by atoms with Gasteiger partial charge in [-0.15, -0.1) is 6.58 Å². The molecule has 176 valence electrons. The number of rotatable bonds is 7. The largest absolute Gasteiger partial charge is 0.465 e. The van der Waals surface area contributed by atoms with Gasteiger partial charge in [0, 0.05) is 18.4 Å². The van der Waals surface area contributed by atoms with Crippen molar-refractivity contribution in [2.45, 2.75) is 26.3 Å². The SMILES string of the molecule is C=CCN1c2c(c(=O)oc3ccccc23)CC(C(=O)OCC)(C(=O)OCC)C1c1ccccc1. The number of hydrogen-bond acceptors (Lipinski definition) is 7. The van der Waals surface area contributed by atoms with Crippen LogP contribution in [0.25, 0.3) is 11.0 Å². The lowest BCUT2D eigenvalue weighted by atomic mass is 9.68. The van der Waals surface area contributed by atoms with Gasteiger partial charge < -0.3 is 18.8 Å². The van der Waals surface area contributed by atoms with Crippen LogP contribution in [0.15, 0.2) is 76.5 Å². The molecule has 34 heavy (non-hydrogen) atoms. The summed E-state index contributed by atoms with van der Waals surface area (Å²) in [4.78, 5) is 42.4. The van der Waals surface area contributed by atoms with Crippen LogP contribution >= 0.6 is 0 Å². The number of anilines is 1. The fourth-order valence-electron chi connectivity index (χ4n) is 4.83. The number of carbonyl (C=O) groups is 2. The van der Waals surface area contributed by atoms with Crippen molar-refractivity contribution in [1.29, 1.82) is 0 Å². The molecule has 0 fully saturated rings. The fraction of sp³-hybridized carbons (Fsp3) is 0.296. The van der Waals surface area contributed by atoms with Crippen molar-refractivity contribution in [3.63, 3.8) is 0 Å². The zero-order valence-electron chi connectivity index (χ0n) is 19.3. The Morgan fingerprint density at radius 1 is 1.06 bits per heavy atom. The summed E-state index contributed by atoms with van der Waals surface area (Å²) in [5.41, 5.74) is -0.438. The predicted octanol–water partition coefficient (Wildman–Crippen LogP) is 4.20. The number of hydrogen-bond donors (Lipinski definition) is 0. The Kier molecular flexibility index (Phi) is 6.54. The highest BCUT2D eigenvalue weighted by Crippen LogP contribution is 2.52. The summed E-state index contributed by atoms with van der Waals surface area (Å²) in [7, 11) is 0. The molecule has 0 amide bonds. The number of para-hydroxylation sites is 1. The van der Waals surface area contributed by atoms with Gasteiger partial charge in [0.25, 0.3) is 0 Å². The Labute approximate surface area is 197 Å². The standard InChI is InChI=1S/C27H27NO6/c1-4-16-28-22-19-14-10-11-15-21(19)34-24(29)20(22)17-27(25(30)32-5-2,26(31)33-6-3)23(28)18-12-8-7-9-13-18/h4,7-15,23H,1,5-6,16-17H2,2-3H3. The molecule has 2 heterocycles. The van der Waals surface area contributed by atoms with E-state index in [0.717, 1.165) is 0 Å². The predicted molar refractivity (Wildman–Crippen MR) is 129 cm³/mol. The molecule has 1 atom stereocenters. The van der Waals surface area contributed by atoms with Crippen LogP contribution in [0.5, 0.6) is 0 Å². The monoisotopic (exact) mass is 461 g/mol. The van der Waals surface area contributed by atoms with E-state index < -0.39 is 29.0 Å². The van der Waals surface area contributed by atoms with E-state index in [1.54, 1.807) is 32.1 Å². The number of benzene rings is 2. The summed E-state index contributed by atoms with van der Waals surface area (Å²) in [5, 5.41) is 0.709. The van der Waals surface area contributed by atoms with Crippen molar-refractivity contribution >= 4 is 28.6 Å². The first-order chi connectivity index (χ1) is 16.5. The molecule has 0 spiro atoms. The first-order valence-corrected chi connectivity index (χ1v) is 11.3. The van der Waals surface area contributed by atoms with Gasteiger partial charge in [0.05, 0.1) is 30.5 Å². The molecule has 0 aliphatic carbocycles. The number of carbonyl (C=O) groups excluding carboxylic acids is 2. The third-order valence-electron chi connectivity index (χ3n) is 6.12. The van der Waals surface area contributed by atoms with Gasteiger partial charge in [-0.3, -0.25) is 9.59 Å². The third-order valence-corrected chi connectivity index (χ3v) is 6.12. The van der Waals surface area contributed by atoms with E-state index in [1.807, 2.05) is 47.4 Å². The second kappa shape index (κ2) is 9.55. The molecule has 0 N–H and O–H groups in total. The normalized spacial score (nSPS) is 16.5. The van der Waals surface area contributed by atoms with Gasteiger partial charge in [-0.25, -0.2) is 4.79 Å². The van der Waals surface area contributed by atoms with Crippen molar-refractivity contribution < 1.29 is 23.5 Å². The van der Waals surface area contributed by atoms with E-state index in [-0.39, 0.29) is 31.7 Å². The summed E-state index contributed by atoms with van der Waals surface area (Å²) in [6.07, 6.45) is 1.47. The molecular formula is C27H27NO6. The summed E-state index contributed by atoms with van der Waals surface area (Å²) in [6, 6.07) is 15.7. The van der Waals surface area contributed by atoms with Gasteiger partial charge >= 0.3 is 17.6 Å². The summed E-state index contributed by atoms with van der Waals surface area (Å²) >= 11 is 0. The van der Waals surface area contributed by atoms with Gasteiger partial charge in [-0.05, 0) is 31.5 Å². The maximum atomic E-state index is 13.6. The molecule has 0 radical (unpaired) electrons. The summed E-state index contributed by atoms with van der Waals surface area (Å²) in [5.74, 6) is -1.48. The van der Waals surface area contributed by atoms with Gasteiger partial charge in [0.2, 0.25) is 0 Å². The van der Waals surface area contributed by atoms with E-state index in [9.17, 15) is 14.4 Å². The highest BCUT2D eigenvalue weighted by atomic mass is 16.6. The van der Waals surface area contributed by atoms with E-state index in [4.69, 9.17) is 13.9 Å². The Bertz CT molecular complexity index is 1260. The molecule has 4 rings (SSSR count). The van der Waals surface area contributed by atoms with Crippen molar-refractivity contribution in [3.05, 3.63) is 88.8 Å². The van der Waals surface area contributed by atoms with Gasteiger partial charge in [-0.1, -0.05) is 48.5 Å². The van der Waals surface area contributed by atoms with E-state index in [0.29, 0.717) is 22.2 Å². The van der Waals surface area contributed by atoms with E-state index in [1.165, 1.54) is 0 Å². The molecule has 0 saturated heterocycles. The van der Waals surface area contributed by atoms with Gasteiger partial charge in [0.15, 0.2) is 5.41 Å². The van der Waals surface area contributed by atoms with Gasteiger partial charge in [-0.2, -0.15) is 0 Å². The second-order valence-corrected chi connectivity index (χ2v) is 8.06. The molecule has 1 aromatic heterocycles. The van der Waals surface area contributed by atoms with Crippen molar-refractivity contribution in [1.82, 2.24) is 0 Å². The Balaban J connectivity index is 2.13. The number of nitrogens with zero attached hydrogens (tertiary/aromatic N) is 1. The van der Waals surface area contributed by atoms with Crippen LogP contribution in [0.3, 0.4) is 0 Å². The maximum absolute atomic E-state index is 13.6. The molecule has 7 heteroatoms. The van der Waals surface area contributed by atoms with Crippen LogP contribution in [0.1, 0.15) is 31.0 Å². The van der Waals surface area contributed by atoms with Gasteiger partial charge in [0.1, 0.15) is 5.58 Å². The topological polar surface area (TPSA) is 86.0 Å². The molecule has 0 saturated carbocycles. The average Bonchev–Trinajstić information content (AvgIpc) is 2.84. The molecule has 1 unspecified atom stereocenters. The van der Waals surface area contributed by atoms with E-state index >= 15 is 0 Å². The molecule has 1 aliphatic rings. The minimum Gasteiger partial charge on any atom is -0.465 e. The molecule has 2 aromatic carbocycles. The lowest BCUT2D eigenvalue weighted by molar-refractivity contribution is -0.174. The Morgan fingerprint density at radius 2 is 1.68 bits per heavy atom. The average molecular weight is 462 g/mol. The fourth-order valence-corrected chi connectivity index (χ4v) is 4.83. The highest BCUT2D eigenvalue weighted by Gasteiger charge is 2.61. The van der Waals surface area contributed by atoms with Crippen LogP contribution in [-0.2, 0) is 25.5 Å². The van der Waals surface area contributed by atoms with Crippen LogP contribution in [-0.4, -0.2) is 31.7 Å². The van der Waals surface area contributed by atoms with Crippen molar-refractivity contribution in [2.24, 2.45) is 5.41 Å². The number of esters is 2. The van der Waals surface area contributed by atoms with E-state index in [2.05, 4.69) is 6.58 Å². The highest BCUT2D eigenvalue weighted by molar-refractivity contribution is 6.04. The van der Waals surface area contributed by atoms with Crippen LogP contribution in [0, 0.1) is 5.41 Å². The minimum absolute atomic E-state index is 0.0716. The quantitative estimate of drug-likeness (QED) is 0.226. The lowest BCUT2D eigenvalue weighted by Gasteiger charge is -2.48.